The van der Waals surface area contributed by atoms with Crippen LogP contribution in [0.15, 0.2) is 16.4 Å². The maximum atomic E-state index is 12.3. The molecule has 0 aliphatic carbocycles. The van der Waals surface area contributed by atoms with E-state index in [1.54, 1.807) is 4.90 Å². The first kappa shape index (κ1) is 12.0. The van der Waals surface area contributed by atoms with Gasteiger partial charge in [-0.3, -0.25) is 4.79 Å². The summed E-state index contributed by atoms with van der Waals surface area (Å²) in [5.74, 6) is 0.0916. The molecule has 2 aliphatic heterocycles. The van der Waals surface area contributed by atoms with Gasteiger partial charge in [0.2, 0.25) is 0 Å². The number of oxime groups is 1. The third-order valence-electron chi connectivity index (χ3n) is 3.41. The highest BCUT2D eigenvalue weighted by atomic mass is 16.4. The van der Waals surface area contributed by atoms with E-state index in [1.807, 2.05) is 6.92 Å². The lowest BCUT2D eigenvalue weighted by atomic mass is 9.97. The van der Waals surface area contributed by atoms with Gasteiger partial charge in [0.15, 0.2) is 0 Å². The molecule has 0 aromatic carbocycles. The molecule has 5 heteroatoms. The number of piperidine rings is 1. The van der Waals surface area contributed by atoms with Crippen molar-refractivity contribution in [3.8, 4) is 0 Å². The summed E-state index contributed by atoms with van der Waals surface area (Å²) in [6.07, 6.45) is 3.11. The predicted molar refractivity (Wildman–Crippen MR) is 64.7 cm³/mol. The van der Waals surface area contributed by atoms with Crippen molar-refractivity contribution in [1.29, 1.82) is 0 Å². The number of nitrogens with one attached hydrogen (secondary N) is 1. The van der Waals surface area contributed by atoms with E-state index in [9.17, 15) is 4.79 Å². The molecule has 1 fully saturated rings. The van der Waals surface area contributed by atoms with Crippen LogP contribution in [0.1, 0.15) is 39.5 Å². The first-order valence-electron chi connectivity index (χ1n) is 6.17. The average molecular weight is 237 g/mol. The summed E-state index contributed by atoms with van der Waals surface area (Å²) in [5.41, 5.74) is 2.43. The van der Waals surface area contributed by atoms with Crippen molar-refractivity contribution < 1.29 is 10.0 Å². The first-order chi connectivity index (χ1) is 8.19. The van der Waals surface area contributed by atoms with Crippen molar-refractivity contribution in [3.05, 3.63) is 11.3 Å². The summed E-state index contributed by atoms with van der Waals surface area (Å²) in [6, 6.07) is 0. The van der Waals surface area contributed by atoms with E-state index in [-0.39, 0.29) is 12.1 Å². The second-order valence-electron chi connectivity index (χ2n) is 4.59. The molecule has 2 heterocycles. The summed E-state index contributed by atoms with van der Waals surface area (Å²) in [7, 11) is 0. The minimum atomic E-state index is -0.248. The van der Waals surface area contributed by atoms with Crippen molar-refractivity contribution in [2.75, 3.05) is 6.54 Å². The highest BCUT2D eigenvalue weighted by molar-refractivity contribution is 6.01. The van der Waals surface area contributed by atoms with Gasteiger partial charge in [-0.2, -0.15) is 0 Å². The van der Waals surface area contributed by atoms with Crippen LogP contribution in [-0.2, 0) is 4.79 Å². The number of carbonyl (C=O) groups is 1. The fourth-order valence-electron chi connectivity index (χ4n) is 2.53. The van der Waals surface area contributed by atoms with Gasteiger partial charge in [-0.15, -0.1) is 0 Å². The number of rotatable bonds is 2. The number of fused-ring (bicyclic) bond motifs is 1. The molecule has 0 aromatic heterocycles. The van der Waals surface area contributed by atoms with E-state index in [0.29, 0.717) is 5.71 Å². The molecular formula is C12H19N3O2. The Balaban J connectivity index is 2.30. The molecule has 0 saturated carbocycles. The maximum absolute atomic E-state index is 12.3. The monoisotopic (exact) mass is 237 g/mol. The van der Waals surface area contributed by atoms with Gasteiger partial charge in [0, 0.05) is 17.8 Å². The van der Waals surface area contributed by atoms with Gasteiger partial charge in [-0.05, 0) is 26.2 Å². The molecule has 0 spiro atoms. The van der Waals surface area contributed by atoms with E-state index in [1.165, 1.54) is 0 Å². The Kier molecular flexibility index (Phi) is 3.36. The van der Waals surface area contributed by atoms with Gasteiger partial charge in [0.1, 0.15) is 6.17 Å². The van der Waals surface area contributed by atoms with Gasteiger partial charge in [-0.1, -0.05) is 18.5 Å². The Labute approximate surface area is 101 Å². The van der Waals surface area contributed by atoms with Crippen molar-refractivity contribution in [3.63, 3.8) is 0 Å². The lowest BCUT2D eigenvalue weighted by Crippen LogP contribution is -2.59. The van der Waals surface area contributed by atoms with Crippen molar-refractivity contribution in [2.45, 2.75) is 45.7 Å². The quantitative estimate of drug-likeness (QED) is 0.564. The normalized spacial score (nSPS) is 27.2. The third-order valence-corrected chi connectivity index (χ3v) is 3.41. The zero-order valence-electron chi connectivity index (χ0n) is 10.4. The number of allylic oxidation sites excluding steroid dienone is 1. The smallest absolute Gasteiger partial charge is 0.253 e. The molecule has 94 valence electrons. The summed E-state index contributed by atoms with van der Waals surface area (Å²) < 4.78 is 0. The van der Waals surface area contributed by atoms with Gasteiger partial charge >= 0.3 is 0 Å². The number of hydrogen-bond acceptors (Lipinski definition) is 4. The second kappa shape index (κ2) is 4.77. The molecule has 1 unspecified atom stereocenters. The molecule has 2 rings (SSSR count). The zero-order valence-corrected chi connectivity index (χ0v) is 10.4. The van der Waals surface area contributed by atoms with Gasteiger partial charge in [0.25, 0.3) is 5.91 Å². The lowest BCUT2D eigenvalue weighted by molar-refractivity contribution is -0.130. The van der Waals surface area contributed by atoms with Crippen LogP contribution < -0.4 is 5.32 Å². The third kappa shape index (κ3) is 2.01. The van der Waals surface area contributed by atoms with Crippen LogP contribution in [0, 0.1) is 0 Å². The number of hydrogen-bond donors (Lipinski definition) is 2. The number of nitrogens with zero attached hydrogens (tertiary/aromatic N) is 2. The topological polar surface area (TPSA) is 64.9 Å². The molecule has 17 heavy (non-hydrogen) atoms. The van der Waals surface area contributed by atoms with Crippen LogP contribution in [0.2, 0.25) is 0 Å². The van der Waals surface area contributed by atoms with Crippen molar-refractivity contribution in [1.82, 2.24) is 10.2 Å². The predicted octanol–water partition coefficient (Wildman–Crippen LogP) is 1.44. The average Bonchev–Trinajstić information content (AvgIpc) is 2.34. The maximum Gasteiger partial charge on any atom is 0.253 e. The molecule has 5 nitrogen and oxygen atoms in total. The largest absolute Gasteiger partial charge is 0.411 e. The molecule has 1 saturated heterocycles. The molecule has 0 aromatic rings. The molecule has 0 radical (unpaired) electrons. The second-order valence-corrected chi connectivity index (χ2v) is 4.59. The van der Waals surface area contributed by atoms with E-state index < -0.39 is 0 Å². The minimum Gasteiger partial charge on any atom is -0.411 e. The fourth-order valence-corrected chi connectivity index (χ4v) is 2.53. The van der Waals surface area contributed by atoms with Gasteiger partial charge in [-0.25, -0.2) is 0 Å². The zero-order chi connectivity index (χ0) is 12.4. The Morgan fingerprint density at radius 1 is 1.59 bits per heavy atom. The Morgan fingerprint density at radius 3 is 3.00 bits per heavy atom. The molecule has 2 N–H and O–H groups in total. The fraction of sp³-hybridized carbons (Fsp3) is 0.667. The van der Waals surface area contributed by atoms with E-state index in [4.69, 9.17) is 5.21 Å². The summed E-state index contributed by atoms with van der Waals surface area (Å²) in [6.45, 7) is 4.72. The van der Waals surface area contributed by atoms with E-state index in [0.717, 1.165) is 43.5 Å². The van der Waals surface area contributed by atoms with Crippen LogP contribution in [-0.4, -0.2) is 34.4 Å². The van der Waals surface area contributed by atoms with Crippen molar-refractivity contribution in [2.24, 2.45) is 5.16 Å². The standard InChI is InChI=1S/C12H19N3O2/c1-3-5-9-8(2)13-11-10(14-17)6-4-7-15(11)12(9)16/h11,13,17H,3-7H2,1-2H3/b14-10-. The highest BCUT2D eigenvalue weighted by Crippen LogP contribution is 2.24. The minimum absolute atomic E-state index is 0.0916. The van der Waals surface area contributed by atoms with Crippen LogP contribution >= 0.6 is 0 Å². The SMILES string of the molecule is CCCC1=C(C)NC2/C(=N\O)CCCN2C1=O. The highest BCUT2D eigenvalue weighted by Gasteiger charge is 2.37. The van der Waals surface area contributed by atoms with Crippen molar-refractivity contribution >= 4 is 11.6 Å². The van der Waals surface area contributed by atoms with Crippen LogP contribution in [0.4, 0.5) is 0 Å². The summed E-state index contributed by atoms with van der Waals surface area (Å²) in [5, 5.41) is 15.6. The Morgan fingerprint density at radius 2 is 2.35 bits per heavy atom. The molecule has 0 bridgehead atoms. The van der Waals surface area contributed by atoms with E-state index in [2.05, 4.69) is 17.4 Å². The first-order valence-corrected chi connectivity index (χ1v) is 6.17. The van der Waals surface area contributed by atoms with Crippen LogP contribution in [0.25, 0.3) is 0 Å². The lowest BCUT2D eigenvalue weighted by Gasteiger charge is -2.41. The van der Waals surface area contributed by atoms with Crippen LogP contribution in [0.5, 0.6) is 0 Å². The van der Waals surface area contributed by atoms with Gasteiger partial charge < -0.3 is 15.4 Å². The Bertz CT molecular complexity index is 387. The molecular weight excluding hydrogens is 218 g/mol. The molecule has 1 amide bonds. The number of carbonyl (C=O) groups excluding carboxylic acids is 1. The number of amides is 1. The summed E-state index contributed by atoms with van der Waals surface area (Å²) >= 11 is 0. The summed E-state index contributed by atoms with van der Waals surface area (Å²) in [4.78, 5) is 14.1. The van der Waals surface area contributed by atoms with Crippen LogP contribution in [0.3, 0.4) is 0 Å². The van der Waals surface area contributed by atoms with Gasteiger partial charge in [0.05, 0.1) is 5.71 Å². The Hall–Kier alpha value is -1.52. The molecule has 2 aliphatic rings. The molecule has 1 atom stereocenters. The van der Waals surface area contributed by atoms with E-state index >= 15 is 0 Å².